The normalized spacial score (nSPS) is 41.2. The molecule has 0 aliphatic heterocycles. The van der Waals surface area contributed by atoms with Crippen molar-refractivity contribution < 1.29 is 80.1 Å². The molecule has 0 spiro atoms. The molecular weight excluding hydrogens is 549 g/mol. The van der Waals surface area contributed by atoms with Crippen LogP contribution in [0, 0.1) is 0 Å². The van der Waals surface area contributed by atoms with Gasteiger partial charge in [-0.3, -0.25) is 4.79 Å². The van der Waals surface area contributed by atoms with Crippen LogP contribution in [0.1, 0.15) is 6.92 Å². The number of hydrogen-bond donors (Lipinski definition) is 0. The largest absolute Gasteiger partial charge is 0.462 e. The summed E-state index contributed by atoms with van der Waals surface area (Å²) in [5.41, 5.74) is -28.8. The summed E-state index contributed by atoms with van der Waals surface area (Å²) in [6.45, 7) is -5.29. The molecule has 4 atom stereocenters. The zero-order valence-electron chi connectivity index (χ0n) is 16.0. The minimum absolute atomic E-state index is 1.05. The van der Waals surface area contributed by atoms with Crippen molar-refractivity contribution in [2.75, 3.05) is 19.1 Å². The van der Waals surface area contributed by atoms with Crippen molar-refractivity contribution in [1.29, 1.82) is 0 Å². The van der Waals surface area contributed by atoms with Crippen LogP contribution in [-0.2, 0) is 14.3 Å². The van der Waals surface area contributed by atoms with E-state index in [0.29, 0.717) is 0 Å². The van der Waals surface area contributed by atoms with Gasteiger partial charge in [-0.05, 0) is 6.92 Å². The number of hydrogen-bond acceptors (Lipinski definition) is 3. The molecule has 0 aromatic rings. The van der Waals surface area contributed by atoms with E-state index in [2.05, 4.69) is 9.47 Å². The molecule has 200 valence electrons. The van der Waals surface area contributed by atoms with E-state index in [-0.39, 0.29) is 0 Å². The van der Waals surface area contributed by atoms with E-state index >= 15 is 0 Å². The maximum absolute atomic E-state index is 15.0. The maximum atomic E-state index is 15.0. The molecule has 3 nitrogen and oxygen atoms in total. The number of rotatable bonds is 6. The van der Waals surface area contributed by atoms with Gasteiger partial charge in [0.05, 0.1) is 6.61 Å². The third kappa shape index (κ3) is 2.46. The fourth-order valence-corrected chi connectivity index (χ4v) is 3.99. The van der Waals surface area contributed by atoms with E-state index < -0.39 is 90.6 Å². The van der Waals surface area contributed by atoms with Gasteiger partial charge in [0.2, 0.25) is 5.67 Å². The van der Waals surface area contributed by atoms with Gasteiger partial charge in [-0.25, -0.2) is 22.0 Å². The average molecular weight is 559 g/mol. The van der Waals surface area contributed by atoms with E-state index in [9.17, 15) is 70.7 Å². The van der Waals surface area contributed by atoms with E-state index in [0.717, 1.165) is 0 Å². The second kappa shape index (κ2) is 7.35. The monoisotopic (exact) mass is 558 g/mol. The third-order valence-electron chi connectivity index (χ3n) is 5.79. The van der Waals surface area contributed by atoms with Crippen LogP contribution in [0.4, 0.5) is 65.9 Å². The Morgan fingerprint density at radius 1 is 0.735 bits per heavy atom. The molecular formula is C15H10ClF15O3. The van der Waals surface area contributed by atoms with Crippen LogP contribution in [0.15, 0.2) is 0 Å². The molecule has 19 heteroatoms. The molecule has 2 fully saturated rings. The van der Waals surface area contributed by atoms with Crippen molar-refractivity contribution in [2.24, 2.45) is 0 Å². The first kappa shape index (κ1) is 28.9. The van der Waals surface area contributed by atoms with E-state index in [1.165, 1.54) is 0 Å². The van der Waals surface area contributed by atoms with Crippen LogP contribution in [0.3, 0.4) is 0 Å². The van der Waals surface area contributed by atoms with Gasteiger partial charge >= 0.3 is 46.9 Å². The molecule has 4 unspecified atom stereocenters. The van der Waals surface area contributed by atoms with Crippen LogP contribution < -0.4 is 0 Å². The Bertz CT molecular complexity index is 839. The van der Waals surface area contributed by atoms with Crippen molar-refractivity contribution in [3.05, 3.63) is 0 Å². The first-order chi connectivity index (χ1) is 14.9. The Hall–Kier alpha value is -1.33. The number of carbonyl (C=O) groups excluding carboxylic acids is 1. The van der Waals surface area contributed by atoms with E-state index in [4.69, 9.17) is 11.6 Å². The lowest BCUT2D eigenvalue weighted by atomic mass is 9.49. The highest BCUT2D eigenvalue weighted by atomic mass is 35.5. The Morgan fingerprint density at radius 2 is 1.21 bits per heavy atom. The highest BCUT2D eigenvalue weighted by Gasteiger charge is 3.13. The summed E-state index contributed by atoms with van der Waals surface area (Å²) in [6.07, 6.45) is -6.09. The Labute approximate surface area is 183 Å². The molecule has 0 N–H and O–H groups in total. The number of fused-ring (bicyclic) bond motifs is 2. The van der Waals surface area contributed by atoms with Crippen molar-refractivity contribution >= 4 is 17.6 Å². The molecule has 0 amide bonds. The first-order valence-electron chi connectivity index (χ1n) is 8.49. The Morgan fingerprint density at radius 3 is 1.62 bits per heavy atom. The van der Waals surface area contributed by atoms with Crippen molar-refractivity contribution in [3.8, 4) is 0 Å². The topological polar surface area (TPSA) is 35.5 Å². The lowest BCUT2D eigenvalue weighted by Crippen LogP contribution is -3.01. The van der Waals surface area contributed by atoms with Crippen LogP contribution in [0.5, 0.6) is 0 Å². The van der Waals surface area contributed by atoms with Gasteiger partial charge in [-0.2, -0.15) is 43.9 Å². The highest BCUT2D eigenvalue weighted by molar-refractivity contribution is 6.26. The SMILES string of the molecule is CC1(F)C(F)(F)C2(F)C(F)(F)C(F)(C(F)F)C(F)(F)C(OCCOC(=O)CCl)(C1(F)F)C2(F)F. The summed E-state index contributed by atoms with van der Waals surface area (Å²) >= 11 is 4.91. The summed E-state index contributed by atoms with van der Waals surface area (Å²) in [5.74, 6) is -40.6. The smallest absolute Gasteiger partial charge is 0.338 e. The molecule has 0 radical (unpaired) electrons. The zero-order chi connectivity index (χ0) is 27.2. The van der Waals surface area contributed by atoms with Crippen LogP contribution >= 0.6 is 11.6 Å². The molecule has 0 saturated heterocycles. The summed E-state index contributed by atoms with van der Waals surface area (Å²) in [6, 6.07) is 0. The van der Waals surface area contributed by atoms with Gasteiger partial charge in [0.25, 0.3) is 12.0 Å². The lowest BCUT2D eigenvalue weighted by molar-refractivity contribution is -0.557. The number of carbonyl (C=O) groups is 1. The van der Waals surface area contributed by atoms with Gasteiger partial charge in [0.1, 0.15) is 12.5 Å². The van der Waals surface area contributed by atoms with E-state index in [1.54, 1.807) is 0 Å². The average Bonchev–Trinajstić information content (AvgIpc) is 2.68. The van der Waals surface area contributed by atoms with Crippen LogP contribution in [0.2, 0.25) is 0 Å². The summed E-state index contributed by atoms with van der Waals surface area (Å²) in [5, 5.41) is 0. The molecule has 0 aromatic heterocycles. The number of alkyl halides is 16. The molecule has 2 bridgehead atoms. The molecule has 2 aliphatic carbocycles. The molecule has 2 aliphatic rings. The number of halogens is 16. The summed E-state index contributed by atoms with van der Waals surface area (Å²) in [4.78, 5) is 10.8. The van der Waals surface area contributed by atoms with E-state index in [1.807, 2.05) is 0 Å². The maximum Gasteiger partial charge on any atom is 0.338 e. The van der Waals surface area contributed by atoms with Gasteiger partial charge in [-0.1, -0.05) is 0 Å². The fourth-order valence-electron chi connectivity index (χ4n) is 3.92. The second-order valence-electron chi connectivity index (χ2n) is 7.43. The van der Waals surface area contributed by atoms with Gasteiger partial charge < -0.3 is 9.47 Å². The minimum Gasteiger partial charge on any atom is -0.462 e. The predicted molar refractivity (Wildman–Crippen MR) is 78.3 cm³/mol. The minimum atomic E-state index is -7.91. The highest BCUT2D eigenvalue weighted by Crippen LogP contribution is 2.81. The van der Waals surface area contributed by atoms with Gasteiger partial charge in [-0.15, -0.1) is 11.6 Å². The summed E-state index contributed by atoms with van der Waals surface area (Å²) in [7, 11) is 0. The fraction of sp³-hybridized carbons (Fsp3) is 0.933. The Balaban J connectivity index is 3.02. The predicted octanol–water partition coefficient (Wildman–Crippen LogP) is 5.14. The van der Waals surface area contributed by atoms with Gasteiger partial charge in [0.15, 0.2) is 0 Å². The second-order valence-corrected chi connectivity index (χ2v) is 7.70. The molecule has 0 heterocycles. The molecule has 34 heavy (non-hydrogen) atoms. The van der Waals surface area contributed by atoms with Crippen molar-refractivity contribution in [1.82, 2.24) is 0 Å². The van der Waals surface area contributed by atoms with Crippen molar-refractivity contribution in [2.45, 2.75) is 65.6 Å². The molecule has 0 aromatic carbocycles. The first-order valence-corrected chi connectivity index (χ1v) is 9.03. The number of esters is 1. The van der Waals surface area contributed by atoms with Crippen LogP contribution in [-0.4, -0.2) is 83.7 Å². The van der Waals surface area contributed by atoms with Crippen molar-refractivity contribution in [3.63, 3.8) is 0 Å². The van der Waals surface area contributed by atoms with Crippen LogP contribution in [0.25, 0.3) is 0 Å². The quantitative estimate of drug-likeness (QED) is 0.196. The zero-order valence-corrected chi connectivity index (χ0v) is 16.7. The summed E-state index contributed by atoms with van der Waals surface area (Å²) < 4.78 is 224. The number of ether oxygens (including phenoxy) is 2. The third-order valence-corrected chi connectivity index (χ3v) is 6.01. The standard InChI is InChI=1S/C15H10ClF15O3/c1-7(19)11(22,23)9(21)13(26,27)8(20,6(17)18)14(28,29)10(12(7,24)25,15(9,30)31)34-3-2-33-5(32)4-16/h6H,2-4H2,1H3. The molecule has 2 rings (SSSR count). The lowest BCUT2D eigenvalue weighted by Gasteiger charge is -2.68. The Kier molecular flexibility index (Phi) is 6.25. The van der Waals surface area contributed by atoms with Gasteiger partial charge in [0, 0.05) is 0 Å². The molecule has 2 saturated carbocycles.